The van der Waals surface area contributed by atoms with Crippen LogP contribution < -0.4 is 4.74 Å². The molecule has 5 nitrogen and oxygen atoms in total. The molecule has 0 saturated carbocycles. The second-order valence-electron chi connectivity index (χ2n) is 8.31. The Kier molecular flexibility index (Phi) is 5.39. The minimum absolute atomic E-state index is 0.0455. The zero-order valence-corrected chi connectivity index (χ0v) is 17.1. The number of phenolic OH excluding ortho intramolecular Hbond substituents is 1. The molecule has 0 spiro atoms. The SMILES string of the molecule is Cc1ccc(O)c(-c2ccc3c(c2C)CCCO3)c1[C@H](OC(C)(C)C)C(=O)O. The Hall–Kier alpha value is -2.53. The molecule has 1 heterocycles. The van der Waals surface area contributed by atoms with Crippen LogP contribution in [0.2, 0.25) is 0 Å². The van der Waals surface area contributed by atoms with Crippen molar-refractivity contribution in [2.75, 3.05) is 6.61 Å². The molecule has 1 atom stereocenters. The molecule has 0 aliphatic carbocycles. The second kappa shape index (κ2) is 7.47. The number of hydrogen-bond donors (Lipinski definition) is 2. The van der Waals surface area contributed by atoms with Crippen LogP contribution in [-0.2, 0) is 16.0 Å². The molecule has 5 heteroatoms. The molecule has 1 aliphatic heterocycles. The summed E-state index contributed by atoms with van der Waals surface area (Å²) in [6.07, 6.45) is 0.654. The zero-order chi connectivity index (χ0) is 20.6. The van der Waals surface area contributed by atoms with Crippen molar-refractivity contribution in [3.63, 3.8) is 0 Å². The van der Waals surface area contributed by atoms with Gasteiger partial charge in [0, 0.05) is 11.1 Å². The highest BCUT2D eigenvalue weighted by atomic mass is 16.5. The fourth-order valence-corrected chi connectivity index (χ4v) is 3.80. The lowest BCUT2D eigenvalue weighted by Gasteiger charge is -2.29. The molecule has 0 radical (unpaired) electrons. The molecule has 0 saturated heterocycles. The summed E-state index contributed by atoms with van der Waals surface area (Å²) in [5, 5.41) is 20.7. The molecular weight excluding hydrogens is 356 g/mol. The maximum Gasteiger partial charge on any atom is 0.337 e. The van der Waals surface area contributed by atoms with Gasteiger partial charge in [-0.3, -0.25) is 0 Å². The molecule has 2 aromatic carbocycles. The van der Waals surface area contributed by atoms with Crippen LogP contribution in [0.4, 0.5) is 0 Å². The lowest BCUT2D eigenvalue weighted by Crippen LogP contribution is -2.28. The van der Waals surface area contributed by atoms with Gasteiger partial charge in [0.2, 0.25) is 0 Å². The number of carboxylic acid groups (broad SMARTS) is 1. The molecule has 0 unspecified atom stereocenters. The van der Waals surface area contributed by atoms with E-state index >= 15 is 0 Å². The summed E-state index contributed by atoms with van der Waals surface area (Å²) in [4.78, 5) is 12.1. The first-order valence-corrected chi connectivity index (χ1v) is 9.59. The van der Waals surface area contributed by atoms with Crippen molar-refractivity contribution < 1.29 is 24.5 Å². The molecular formula is C23H28O5. The fraction of sp³-hybridized carbons (Fsp3) is 0.435. The molecule has 150 valence electrons. The molecule has 0 amide bonds. The van der Waals surface area contributed by atoms with Crippen LogP contribution in [0.1, 0.15) is 55.5 Å². The average Bonchev–Trinajstić information content (AvgIpc) is 2.62. The first-order valence-electron chi connectivity index (χ1n) is 9.59. The summed E-state index contributed by atoms with van der Waals surface area (Å²) in [6.45, 7) is 10.0. The fourth-order valence-electron chi connectivity index (χ4n) is 3.80. The Morgan fingerprint density at radius 1 is 1.18 bits per heavy atom. The molecule has 2 N–H and O–H groups in total. The van der Waals surface area contributed by atoms with Crippen LogP contribution in [0.3, 0.4) is 0 Å². The number of fused-ring (bicyclic) bond motifs is 1. The van der Waals surface area contributed by atoms with E-state index in [1.807, 2.05) is 46.8 Å². The molecule has 2 aromatic rings. The van der Waals surface area contributed by atoms with Crippen LogP contribution in [0.15, 0.2) is 24.3 Å². The number of aromatic hydroxyl groups is 1. The third-order valence-electron chi connectivity index (χ3n) is 5.05. The minimum Gasteiger partial charge on any atom is -0.507 e. The van der Waals surface area contributed by atoms with E-state index in [0.717, 1.165) is 40.8 Å². The van der Waals surface area contributed by atoms with Crippen molar-refractivity contribution in [1.82, 2.24) is 0 Å². The zero-order valence-electron chi connectivity index (χ0n) is 17.1. The van der Waals surface area contributed by atoms with Crippen LogP contribution in [0.25, 0.3) is 11.1 Å². The van der Waals surface area contributed by atoms with Crippen molar-refractivity contribution in [2.24, 2.45) is 0 Å². The summed E-state index contributed by atoms with van der Waals surface area (Å²) in [5.74, 6) is -0.171. The highest BCUT2D eigenvalue weighted by molar-refractivity contribution is 5.85. The van der Waals surface area contributed by atoms with Gasteiger partial charge in [-0.2, -0.15) is 0 Å². The predicted molar refractivity (Wildman–Crippen MR) is 108 cm³/mol. The minimum atomic E-state index is -1.19. The third kappa shape index (κ3) is 3.85. The summed E-state index contributed by atoms with van der Waals surface area (Å²) in [5.41, 5.74) is 4.03. The van der Waals surface area contributed by atoms with Crippen molar-refractivity contribution in [1.29, 1.82) is 0 Å². The van der Waals surface area contributed by atoms with E-state index < -0.39 is 17.7 Å². The monoisotopic (exact) mass is 384 g/mol. The van der Waals surface area contributed by atoms with E-state index in [1.165, 1.54) is 0 Å². The molecule has 28 heavy (non-hydrogen) atoms. The van der Waals surface area contributed by atoms with E-state index in [1.54, 1.807) is 12.1 Å². The predicted octanol–water partition coefficient (Wildman–Crippen LogP) is 4.94. The van der Waals surface area contributed by atoms with Crippen LogP contribution in [-0.4, -0.2) is 28.4 Å². The quantitative estimate of drug-likeness (QED) is 0.781. The Labute approximate surface area is 165 Å². The number of benzene rings is 2. The Bertz CT molecular complexity index is 908. The van der Waals surface area contributed by atoms with Gasteiger partial charge in [0.05, 0.1) is 12.2 Å². The van der Waals surface area contributed by atoms with Gasteiger partial charge in [0.15, 0.2) is 6.10 Å². The van der Waals surface area contributed by atoms with Crippen molar-refractivity contribution in [3.05, 3.63) is 46.5 Å². The summed E-state index contributed by atoms with van der Waals surface area (Å²) in [6, 6.07) is 7.14. The van der Waals surface area contributed by atoms with Crippen molar-refractivity contribution in [3.8, 4) is 22.6 Å². The summed E-state index contributed by atoms with van der Waals surface area (Å²) < 4.78 is 11.7. The number of carbonyl (C=O) groups is 1. The van der Waals surface area contributed by atoms with Gasteiger partial charge in [-0.15, -0.1) is 0 Å². The van der Waals surface area contributed by atoms with Crippen molar-refractivity contribution in [2.45, 2.75) is 59.2 Å². The topological polar surface area (TPSA) is 76.0 Å². The largest absolute Gasteiger partial charge is 0.507 e. The molecule has 0 bridgehead atoms. The smallest absolute Gasteiger partial charge is 0.337 e. The molecule has 0 fully saturated rings. The normalized spacial score (nSPS) is 14.9. The maximum absolute atomic E-state index is 12.1. The number of ether oxygens (including phenoxy) is 2. The number of carboxylic acids is 1. The summed E-state index contributed by atoms with van der Waals surface area (Å²) >= 11 is 0. The first-order chi connectivity index (χ1) is 13.1. The Morgan fingerprint density at radius 3 is 2.54 bits per heavy atom. The first kappa shape index (κ1) is 20.2. The standard InChI is InChI=1S/C23H28O5/c1-13-8-10-17(24)20(19(13)21(22(25)26)28-23(3,4)5)16-9-11-18-15(14(16)2)7-6-12-27-18/h8-11,21,24H,6-7,12H2,1-5H3,(H,25,26)/t21-/m0/s1. The van der Waals surface area contributed by atoms with E-state index in [4.69, 9.17) is 9.47 Å². The van der Waals surface area contributed by atoms with Crippen LogP contribution >= 0.6 is 0 Å². The highest BCUT2D eigenvalue weighted by Crippen LogP contribution is 2.44. The molecule has 1 aliphatic rings. The number of rotatable bonds is 4. The molecule has 0 aromatic heterocycles. The maximum atomic E-state index is 12.1. The van der Waals surface area contributed by atoms with E-state index in [9.17, 15) is 15.0 Å². The van der Waals surface area contributed by atoms with Gasteiger partial charge in [-0.25, -0.2) is 4.79 Å². The third-order valence-corrected chi connectivity index (χ3v) is 5.05. The highest BCUT2D eigenvalue weighted by Gasteiger charge is 2.32. The average molecular weight is 384 g/mol. The van der Waals surface area contributed by atoms with E-state index in [0.29, 0.717) is 17.7 Å². The van der Waals surface area contributed by atoms with Crippen LogP contribution in [0.5, 0.6) is 11.5 Å². The van der Waals surface area contributed by atoms with Gasteiger partial charge < -0.3 is 19.7 Å². The van der Waals surface area contributed by atoms with Gasteiger partial charge in [-0.1, -0.05) is 12.1 Å². The number of aliphatic carboxylic acids is 1. The van der Waals surface area contributed by atoms with Gasteiger partial charge in [0.25, 0.3) is 0 Å². The lowest BCUT2D eigenvalue weighted by atomic mass is 9.86. The van der Waals surface area contributed by atoms with E-state index in [2.05, 4.69) is 0 Å². The number of aryl methyl sites for hydroxylation is 1. The number of hydrogen-bond acceptors (Lipinski definition) is 4. The second-order valence-corrected chi connectivity index (χ2v) is 8.31. The molecule has 3 rings (SSSR count). The van der Waals surface area contributed by atoms with E-state index in [-0.39, 0.29) is 5.75 Å². The van der Waals surface area contributed by atoms with Crippen LogP contribution in [0, 0.1) is 13.8 Å². The Morgan fingerprint density at radius 2 is 1.89 bits per heavy atom. The number of phenols is 1. The van der Waals surface area contributed by atoms with Gasteiger partial charge in [-0.05, 0) is 81.8 Å². The van der Waals surface area contributed by atoms with Gasteiger partial charge in [0.1, 0.15) is 11.5 Å². The van der Waals surface area contributed by atoms with Gasteiger partial charge >= 0.3 is 5.97 Å². The summed E-state index contributed by atoms with van der Waals surface area (Å²) in [7, 11) is 0. The lowest BCUT2D eigenvalue weighted by molar-refractivity contribution is -0.160. The Balaban J connectivity index is 2.25. The van der Waals surface area contributed by atoms with Crippen molar-refractivity contribution >= 4 is 5.97 Å².